The molecule has 0 aliphatic heterocycles. The van der Waals surface area contributed by atoms with Gasteiger partial charge < -0.3 is 5.32 Å². The van der Waals surface area contributed by atoms with Crippen molar-refractivity contribution in [3.8, 4) is 5.82 Å². The molecule has 5 heteroatoms. The normalized spacial score (nSPS) is 12.7. The molecule has 1 N–H and O–H groups in total. The Morgan fingerprint density at radius 2 is 2.12 bits per heavy atom. The number of pyridine rings is 1. The van der Waals surface area contributed by atoms with E-state index in [0.717, 1.165) is 16.0 Å². The highest BCUT2D eigenvalue weighted by Crippen LogP contribution is 2.19. The van der Waals surface area contributed by atoms with Gasteiger partial charge >= 0.3 is 0 Å². The molecule has 0 aliphatic rings. The molecule has 0 aromatic carbocycles. The van der Waals surface area contributed by atoms with Crippen molar-refractivity contribution in [2.75, 3.05) is 7.05 Å². The average Bonchev–Trinajstić information content (AvgIpc) is 2.71. The number of hydrogen-bond acceptors (Lipinski definition) is 3. The molecule has 0 aliphatic carbocycles. The second kappa shape index (κ2) is 4.98. The van der Waals surface area contributed by atoms with Gasteiger partial charge in [-0.1, -0.05) is 0 Å². The third-order valence-electron chi connectivity index (χ3n) is 2.88. The molecule has 1 unspecified atom stereocenters. The van der Waals surface area contributed by atoms with Crippen molar-refractivity contribution in [1.82, 2.24) is 20.1 Å². The van der Waals surface area contributed by atoms with Crippen molar-refractivity contribution in [3.05, 3.63) is 40.3 Å². The van der Waals surface area contributed by atoms with Gasteiger partial charge in [0, 0.05) is 28.0 Å². The van der Waals surface area contributed by atoms with Gasteiger partial charge in [-0.05, 0) is 49.0 Å². The van der Waals surface area contributed by atoms with Crippen LogP contribution in [0.1, 0.15) is 24.2 Å². The van der Waals surface area contributed by atoms with Crippen LogP contribution in [0.15, 0.2) is 29.0 Å². The highest BCUT2D eigenvalue weighted by molar-refractivity contribution is 9.10. The van der Waals surface area contributed by atoms with E-state index in [0.29, 0.717) is 6.04 Å². The molecule has 0 saturated carbocycles. The van der Waals surface area contributed by atoms with Crippen molar-refractivity contribution >= 4 is 15.9 Å². The summed E-state index contributed by atoms with van der Waals surface area (Å²) >= 11 is 3.37. The van der Waals surface area contributed by atoms with Crippen molar-refractivity contribution in [2.24, 2.45) is 0 Å². The van der Waals surface area contributed by atoms with Crippen LogP contribution >= 0.6 is 15.9 Å². The van der Waals surface area contributed by atoms with Gasteiger partial charge in [0.25, 0.3) is 0 Å². The van der Waals surface area contributed by atoms with Crippen molar-refractivity contribution in [2.45, 2.75) is 19.9 Å². The van der Waals surface area contributed by atoms with Gasteiger partial charge in [-0.2, -0.15) is 5.10 Å². The molecule has 0 saturated heterocycles. The van der Waals surface area contributed by atoms with Gasteiger partial charge in [-0.25, -0.2) is 9.67 Å². The predicted octanol–water partition coefficient (Wildman–Crippen LogP) is 2.62. The van der Waals surface area contributed by atoms with Crippen molar-refractivity contribution < 1.29 is 0 Å². The maximum atomic E-state index is 4.38. The zero-order chi connectivity index (χ0) is 12.4. The SMILES string of the molecule is CNC(C)c1cnn(-c2ccc(Br)cn2)c1C. The van der Waals surface area contributed by atoms with Crippen molar-refractivity contribution in [3.63, 3.8) is 0 Å². The molecule has 90 valence electrons. The van der Waals surface area contributed by atoms with Crippen LogP contribution in [0.25, 0.3) is 5.82 Å². The number of rotatable bonds is 3. The maximum Gasteiger partial charge on any atom is 0.153 e. The number of halogens is 1. The molecule has 2 aromatic heterocycles. The lowest BCUT2D eigenvalue weighted by atomic mass is 10.1. The first-order valence-corrected chi connectivity index (χ1v) is 6.26. The van der Waals surface area contributed by atoms with E-state index in [4.69, 9.17) is 0 Å². The molecule has 2 heterocycles. The van der Waals surface area contributed by atoms with Gasteiger partial charge in [0.05, 0.1) is 6.20 Å². The summed E-state index contributed by atoms with van der Waals surface area (Å²) in [7, 11) is 1.94. The smallest absolute Gasteiger partial charge is 0.153 e. The Hall–Kier alpha value is -1.20. The molecule has 0 radical (unpaired) electrons. The number of nitrogens with one attached hydrogen (secondary N) is 1. The summed E-state index contributed by atoms with van der Waals surface area (Å²) in [4.78, 5) is 4.34. The van der Waals surface area contributed by atoms with Crippen molar-refractivity contribution in [1.29, 1.82) is 0 Å². The van der Waals surface area contributed by atoms with Crippen LogP contribution < -0.4 is 5.32 Å². The van der Waals surface area contributed by atoms with Crippen LogP contribution in [0.5, 0.6) is 0 Å². The molecule has 2 aromatic rings. The predicted molar refractivity (Wildman–Crippen MR) is 71.3 cm³/mol. The molecule has 0 bridgehead atoms. The Kier molecular flexibility index (Phi) is 3.59. The van der Waals surface area contributed by atoms with Gasteiger partial charge in [-0.3, -0.25) is 0 Å². The quantitative estimate of drug-likeness (QED) is 0.946. The molecule has 2 rings (SSSR count). The number of nitrogens with zero attached hydrogens (tertiary/aromatic N) is 3. The molecular formula is C12H15BrN4. The second-order valence-electron chi connectivity index (χ2n) is 3.94. The Morgan fingerprint density at radius 1 is 1.35 bits per heavy atom. The molecule has 0 amide bonds. The number of aromatic nitrogens is 3. The molecule has 0 spiro atoms. The molecular weight excluding hydrogens is 280 g/mol. The van der Waals surface area contributed by atoms with E-state index in [-0.39, 0.29) is 0 Å². The summed E-state index contributed by atoms with van der Waals surface area (Å²) in [6.07, 6.45) is 3.66. The Morgan fingerprint density at radius 3 is 2.71 bits per heavy atom. The second-order valence-corrected chi connectivity index (χ2v) is 4.86. The molecule has 17 heavy (non-hydrogen) atoms. The van der Waals surface area contributed by atoms with E-state index >= 15 is 0 Å². The van der Waals surface area contributed by atoms with Crippen LogP contribution in [0.4, 0.5) is 0 Å². The fourth-order valence-corrected chi connectivity index (χ4v) is 1.96. The lowest BCUT2D eigenvalue weighted by molar-refractivity contribution is 0.647. The molecule has 4 nitrogen and oxygen atoms in total. The summed E-state index contributed by atoms with van der Waals surface area (Å²) in [6.45, 7) is 4.17. The summed E-state index contributed by atoms with van der Waals surface area (Å²) in [6, 6.07) is 4.20. The average molecular weight is 295 g/mol. The summed E-state index contributed by atoms with van der Waals surface area (Å²) in [5.74, 6) is 0.834. The van der Waals surface area contributed by atoms with Gasteiger partial charge in [0.2, 0.25) is 0 Å². The third kappa shape index (κ3) is 2.40. The minimum Gasteiger partial charge on any atom is -0.313 e. The fraction of sp³-hybridized carbons (Fsp3) is 0.333. The van der Waals surface area contributed by atoms with Gasteiger partial charge in [-0.15, -0.1) is 0 Å². The Balaban J connectivity index is 2.40. The van der Waals surface area contributed by atoms with Crippen LogP contribution in [0, 0.1) is 6.92 Å². The van der Waals surface area contributed by atoms with Crippen LogP contribution in [0.2, 0.25) is 0 Å². The van der Waals surface area contributed by atoms with Gasteiger partial charge in [0.15, 0.2) is 5.82 Å². The minimum absolute atomic E-state index is 0.291. The zero-order valence-electron chi connectivity index (χ0n) is 10.1. The van der Waals surface area contributed by atoms with Crippen LogP contribution in [-0.2, 0) is 0 Å². The number of hydrogen-bond donors (Lipinski definition) is 1. The van der Waals surface area contributed by atoms with Crippen LogP contribution in [-0.4, -0.2) is 21.8 Å². The van der Waals surface area contributed by atoms with Crippen LogP contribution in [0.3, 0.4) is 0 Å². The molecule has 0 fully saturated rings. The summed E-state index contributed by atoms with van der Waals surface area (Å²) in [5.41, 5.74) is 2.30. The third-order valence-corrected chi connectivity index (χ3v) is 3.35. The lowest BCUT2D eigenvalue weighted by Gasteiger charge is -2.10. The maximum absolute atomic E-state index is 4.38. The summed E-state index contributed by atoms with van der Waals surface area (Å²) < 4.78 is 2.82. The highest BCUT2D eigenvalue weighted by atomic mass is 79.9. The van der Waals surface area contributed by atoms with E-state index in [1.54, 1.807) is 6.20 Å². The summed E-state index contributed by atoms with van der Waals surface area (Å²) in [5, 5.41) is 7.60. The first kappa shape index (κ1) is 12.3. The van der Waals surface area contributed by atoms with E-state index in [2.05, 4.69) is 45.2 Å². The van der Waals surface area contributed by atoms with E-state index in [1.165, 1.54) is 5.56 Å². The van der Waals surface area contributed by atoms with Gasteiger partial charge in [0.1, 0.15) is 0 Å². The van der Waals surface area contributed by atoms with E-state index in [9.17, 15) is 0 Å². The standard InChI is InChI=1S/C12H15BrN4/c1-8(14-3)11-7-16-17(9(11)2)12-5-4-10(13)6-15-12/h4-8,14H,1-3H3. The lowest BCUT2D eigenvalue weighted by Crippen LogP contribution is -2.13. The zero-order valence-corrected chi connectivity index (χ0v) is 11.7. The first-order valence-electron chi connectivity index (χ1n) is 5.47. The fourth-order valence-electron chi connectivity index (χ4n) is 1.73. The Bertz CT molecular complexity index is 504. The first-order chi connectivity index (χ1) is 8.13. The minimum atomic E-state index is 0.291. The largest absolute Gasteiger partial charge is 0.313 e. The topological polar surface area (TPSA) is 42.7 Å². The Labute approximate surface area is 109 Å². The van der Waals surface area contributed by atoms with E-state index < -0.39 is 0 Å². The van der Waals surface area contributed by atoms with E-state index in [1.807, 2.05) is 30.1 Å². The monoisotopic (exact) mass is 294 g/mol. The highest BCUT2D eigenvalue weighted by Gasteiger charge is 2.13. The molecule has 1 atom stereocenters.